The number of fused-ring (bicyclic) bond motifs is 1. The van der Waals surface area contributed by atoms with E-state index in [1.165, 1.54) is 0 Å². The zero-order valence-electron chi connectivity index (χ0n) is 11.5. The highest BCUT2D eigenvalue weighted by molar-refractivity contribution is 6.30. The Morgan fingerprint density at radius 3 is 3.10 bits per heavy atom. The molecular formula is C14H17ClN4O2. The maximum atomic E-state index is 12.2. The van der Waals surface area contributed by atoms with Crippen LogP contribution in [0.1, 0.15) is 0 Å². The molecule has 6 nitrogen and oxygen atoms in total. The Hall–Kier alpha value is -1.79. The first kappa shape index (κ1) is 14.2. The molecule has 0 spiro atoms. The number of carbonyl (C=O) groups is 2. The van der Waals surface area contributed by atoms with E-state index in [2.05, 4.69) is 10.6 Å². The molecule has 2 N–H and O–H groups in total. The summed E-state index contributed by atoms with van der Waals surface area (Å²) in [5.41, 5.74) is 0.638. The van der Waals surface area contributed by atoms with Gasteiger partial charge in [0.15, 0.2) is 0 Å². The average Bonchev–Trinajstić information content (AvgIpc) is 2.76. The van der Waals surface area contributed by atoms with Crippen LogP contribution in [0.5, 0.6) is 0 Å². The molecule has 112 valence electrons. The van der Waals surface area contributed by atoms with E-state index in [0.29, 0.717) is 23.8 Å². The Kier molecular flexibility index (Phi) is 3.98. The van der Waals surface area contributed by atoms with E-state index in [0.717, 1.165) is 13.1 Å². The molecule has 2 aliphatic heterocycles. The van der Waals surface area contributed by atoms with Gasteiger partial charge in [-0.2, -0.15) is 0 Å². The van der Waals surface area contributed by atoms with Crippen molar-refractivity contribution in [1.29, 1.82) is 0 Å². The predicted octanol–water partition coefficient (Wildman–Crippen LogP) is 0.988. The smallest absolute Gasteiger partial charge is 0.320 e. The van der Waals surface area contributed by atoms with Gasteiger partial charge in [-0.3, -0.25) is 4.79 Å². The number of carbonyl (C=O) groups excluding carboxylic acids is 2. The van der Waals surface area contributed by atoms with Crippen molar-refractivity contribution in [1.82, 2.24) is 15.1 Å². The molecule has 2 fully saturated rings. The molecule has 0 bridgehead atoms. The van der Waals surface area contributed by atoms with E-state index in [9.17, 15) is 9.59 Å². The highest BCUT2D eigenvalue weighted by Crippen LogP contribution is 2.18. The molecule has 3 rings (SSSR count). The predicted molar refractivity (Wildman–Crippen MR) is 80.4 cm³/mol. The number of hydrogen-bond acceptors (Lipinski definition) is 3. The van der Waals surface area contributed by atoms with Crippen molar-refractivity contribution in [3.63, 3.8) is 0 Å². The van der Waals surface area contributed by atoms with Crippen LogP contribution in [0.15, 0.2) is 24.3 Å². The number of anilines is 1. The number of halogens is 1. The molecule has 2 heterocycles. The fourth-order valence-electron chi connectivity index (χ4n) is 2.76. The second-order valence-corrected chi connectivity index (χ2v) is 5.71. The minimum absolute atomic E-state index is 0.0530. The first-order valence-electron chi connectivity index (χ1n) is 6.95. The van der Waals surface area contributed by atoms with Crippen LogP contribution in [0, 0.1) is 0 Å². The van der Waals surface area contributed by atoms with Gasteiger partial charge in [0.2, 0.25) is 5.91 Å². The lowest BCUT2D eigenvalue weighted by Gasteiger charge is -2.28. The summed E-state index contributed by atoms with van der Waals surface area (Å²) in [6.45, 7) is 2.96. The van der Waals surface area contributed by atoms with Crippen LogP contribution in [0.2, 0.25) is 5.02 Å². The van der Waals surface area contributed by atoms with Crippen molar-refractivity contribution >= 4 is 29.2 Å². The molecule has 1 atom stereocenters. The SMILES string of the molecule is O=C(CN1CC2CNCCN2C1=O)Nc1cccc(Cl)c1. The van der Waals surface area contributed by atoms with Crippen LogP contribution in [0.3, 0.4) is 0 Å². The first-order valence-corrected chi connectivity index (χ1v) is 7.33. The van der Waals surface area contributed by atoms with E-state index in [4.69, 9.17) is 11.6 Å². The standard InChI is InChI=1S/C14H17ClN4O2/c15-10-2-1-3-11(6-10)17-13(20)9-18-8-12-7-16-4-5-19(12)14(18)21/h1-3,6,12,16H,4-5,7-9H2,(H,17,20). The van der Waals surface area contributed by atoms with Gasteiger partial charge in [0.1, 0.15) is 6.54 Å². The molecule has 1 aromatic carbocycles. The molecule has 0 aromatic heterocycles. The quantitative estimate of drug-likeness (QED) is 0.875. The van der Waals surface area contributed by atoms with Crippen molar-refractivity contribution in [2.75, 3.05) is 38.0 Å². The van der Waals surface area contributed by atoms with Crippen molar-refractivity contribution in [2.24, 2.45) is 0 Å². The lowest BCUT2D eigenvalue weighted by Crippen LogP contribution is -2.49. The van der Waals surface area contributed by atoms with Crippen LogP contribution >= 0.6 is 11.6 Å². The Labute approximate surface area is 128 Å². The summed E-state index contributed by atoms with van der Waals surface area (Å²) in [5.74, 6) is -0.210. The maximum absolute atomic E-state index is 12.2. The average molecular weight is 309 g/mol. The highest BCUT2D eigenvalue weighted by Gasteiger charge is 2.38. The molecule has 3 amide bonds. The van der Waals surface area contributed by atoms with Gasteiger partial charge in [0.05, 0.1) is 6.04 Å². The summed E-state index contributed by atoms with van der Waals surface area (Å²) in [7, 11) is 0. The van der Waals surface area contributed by atoms with E-state index < -0.39 is 0 Å². The molecule has 0 aliphatic carbocycles. The molecule has 1 aromatic rings. The van der Waals surface area contributed by atoms with E-state index in [1.54, 1.807) is 29.2 Å². The van der Waals surface area contributed by atoms with E-state index >= 15 is 0 Å². The minimum Gasteiger partial charge on any atom is -0.324 e. The van der Waals surface area contributed by atoms with Crippen LogP contribution in [0.25, 0.3) is 0 Å². The number of hydrogen-bond donors (Lipinski definition) is 2. The van der Waals surface area contributed by atoms with Gasteiger partial charge in [-0.15, -0.1) is 0 Å². The normalized spacial score (nSPS) is 21.4. The summed E-state index contributed by atoms with van der Waals surface area (Å²) in [6.07, 6.45) is 0. The Bertz CT molecular complexity index is 566. The van der Waals surface area contributed by atoms with Gasteiger partial charge >= 0.3 is 6.03 Å². The topological polar surface area (TPSA) is 64.7 Å². The van der Waals surface area contributed by atoms with Gasteiger partial charge < -0.3 is 20.4 Å². The molecule has 2 saturated heterocycles. The van der Waals surface area contributed by atoms with E-state index in [1.807, 2.05) is 4.90 Å². The summed E-state index contributed by atoms with van der Waals surface area (Å²) >= 11 is 5.88. The molecule has 0 radical (unpaired) electrons. The third-order valence-corrected chi connectivity index (χ3v) is 3.98. The summed E-state index contributed by atoms with van der Waals surface area (Å²) < 4.78 is 0. The Morgan fingerprint density at radius 2 is 2.33 bits per heavy atom. The maximum Gasteiger partial charge on any atom is 0.320 e. The lowest BCUT2D eigenvalue weighted by atomic mass is 10.2. The second-order valence-electron chi connectivity index (χ2n) is 5.27. The number of piperazine rings is 1. The van der Waals surface area contributed by atoms with Crippen LogP contribution in [0.4, 0.5) is 10.5 Å². The fraction of sp³-hybridized carbons (Fsp3) is 0.429. The minimum atomic E-state index is -0.210. The van der Waals surface area contributed by atoms with E-state index in [-0.39, 0.29) is 24.5 Å². The van der Waals surface area contributed by atoms with Gasteiger partial charge in [0.25, 0.3) is 0 Å². The molecule has 7 heteroatoms. The largest absolute Gasteiger partial charge is 0.324 e. The van der Waals surface area contributed by atoms with Crippen LogP contribution in [-0.2, 0) is 4.79 Å². The summed E-state index contributed by atoms with van der Waals surface area (Å²) in [5, 5.41) is 6.58. The zero-order chi connectivity index (χ0) is 14.8. The molecular weight excluding hydrogens is 292 g/mol. The number of rotatable bonds is 3. The molecule has 1 unspecified atom stereocenters. The van der Waals surface area contributed by atoms with Crippen molar-refractivity contribution < 1.29 is 9.59 Å². The second kappa shape index (κ2) is 5.91. The van der Waals surface area contributed by atoms with Crippen LogP contribution < -0.4 is 10.6 Å². The lowest BCUT2D eigenvalue weighted by molar-refractivity contribution is -0.116. The first-order chi connectivity index (χ1) is 10.1. The van der Waals surface area contributed by atoms with Crippen molar-refractivity contribution in [3.05, 3.63) is 29.3 Å². The molecule has 2 aliphatic rings. The van der Waals surface area contributed by atoms with Gasteiger partial charge in [-0.05, 0) is 18.2 Å². The third kappa shape index (κ3) is 3.11. The zero-order valence-corrected chi connectivity index (χ0v) is 12.3. The summed E-state index contributed by atoms with van der Waals surface area (Å²) in [4.78, 5) is 27.7. The number of nitrogens with zero attached hydrogens (tertiary/aromatic N) is 2. The van der Waals surface area contributed by atoms with Gasteiger partial charge in [0, 0.05) is 36.9 Å². The molecule has 0 saturated carbocycles. The summed E-state index contributed by atoms with van der Waals surface area (Å²) in [6, 6.07) is 7.08. The van der Waals surface area contributed by atoms with Crippen molar-refractivity contribution in [3.8, 4) is 0 Å². The van der Waals surface area contributed by atoms with Gasteiger partial charge in [-0.25, -0.2) is 4.79 Å². The monoisotopic (exact) mass is 308 g/mol. The number of benzene rings is 1. The third-order valence-electron chi connectivity index (χ3n) is 3.74. The van der Waals surface area contributed by atoms with Crippen LogP contribution in [-0.4, -0.2) is 60.5 Å². The number of amides is 3. The number of nitrogens with one attached hydrogen (secondary N) is 2. The Morgan fingerprint density at radius 1 is 1.48 bits per heavy atom. The fourth-order valence-corrected chi connectivity index (χ4v) is 2.95. The highest BCUT2D eigenvalue weighted by atomic mass is 35.5. The van der Waals surface area contributed by atoms with Gasteiger partial charge in [-0.1, -0.05) is 17.7 Å². The number of urea groups is 1. The Balaban J connectivity index is 1.59. The molecule has 21 heavy (non-hydrogen) atoms. The van der Waals surface area contributed by atoms with Crippen molar-refractivity contribution in [2.45, 2.75) is 6.04 Å².